The minimum atomic E-state index is 0.136. The van der Waals surface area contributed by atoms with Crippen LogP contribution in [0.25, 0.3) is 11.0 Å². The van der Waals surface area contributed by atoms with Crippen molar-refractivity contribution in [2.24, 2.45) is 11.7 Å². The number of amides is 1. The van der Waals surface area contributed by atoms with Crippen molar-refractivity contribution < 1.29 is 4.79 Å². The van der Waals surface area contributed by atoms with Gasteiger partial charge in [0.25, 0.3) is 0 Å². The summed E-state index contributed by atoms with van der Waals surface area (Å²) in [5, 5.41) is 0. The van der Waals surface area contributed by atoms with Crippen molar-refractivity contribution in [3.05, 3.63) is 29.6 Å². The molecule has 1 saturated heterocycles. The fourth-order valence-electron chi connectivity index (χ4n) is 2.58. The summed E-state index contributed by atoms with van der Waals surface area (Å²) in [5.41, 5.74) is 10.1. The highest BCUT2D eigenvalue weighted by atomic mass is 16.2. The van der Waals surface area contributed by atoms with Gasteiger partial charge in [0.15, 0.2) is 0 Å². The molecule has 2 N–H and O–H groups in total. The Labute approximate surface area is 117 Å². The average molecular weight is 270 g/mol. The van der Waals surface area contributed by atoms with E-state index in [2.05, 4.69) is 9.97 Å². The Morgan fingerprint density at radius 2 is 1.95 bits per heavy atom. The number of aryl methyl sites for hydroxylation is 2. The van der Waals surface area contributed by atoms with Gasteiger partial charge in [-0.2, -0.15) is 0 Å². The van der Waals surface area contributed by atoms with E-state index in [9.17, 15) is 4.79 Å². The Kier molecular flexibility index (Phi) is 3.14. The number of fused-ring (bicyclic) bond motifs is 1. The molecule has 3 rings (SSSR count). The third-order valence-corrected chi connectivity index (χ3v) is 3.91. The van der Waals surface area contributed by atoms with Gasteiger partial charge in [0.1, 0.15) is 0 Å². The fraction of sp³-hybridized carbons (Fsp3) is 0.400. The number of hydrogen-bond acceptors (Lipinski definition) is 4. The first-order chi connectivity index (χ1) is 9.58. The minimum Gasteiger partial charge on any atom is -0.330 e. The van der Waals surface area contributed by atoms with Gasteiger partial charge in [-0.05, 0) is 44.5 Å². The highest BCUT2D eigenvalue weighted by Crippen LogP contribution is 2.27. The molecule has 1 aliphatic rings. The van der Waals surface area contributed by atoms with Crippen molar-refractivity contribution in [1.82, 2.24) is 9.97 Å². The number of nitrogens with two attached hydrogens (primary N) is 1. The number of nitrogens with zero attached hydrogens (tertiary/aromatic N) is 3. The van der Waals surface area contributed by atoms with Crippen LogP contribution in [0.5, 0.6) is 0 Å². The van der Waals surface area contributed by atoms with E-state index in [0.29, 0.717) is 19.5 Å². The lowest BCUT2D eigenvalue weighted by atomic mass is 10.1. The molecule has 0 radical (unpaired) electrons. The van der Waals surface area contributed by atoms with Crippen LogP contribution in [0.1, 0.15) is 17.8 Å². The van der Waals surface area contributed by atoms with E-state index in [1.54, 1.807) is 4.90 Å². The highest BCUT2D eigenvalue weighted by molar-refractivity contribution is 5.97. The molecule has 20 heavy (non-hydrogen) atoms. The third kappa shape index (κ3) is 2.14. The maximum absolute atomic E-state index is 12.0. The summed E-state index contributed by atoms with van der Waals surface area (Å²) in [6.45, 7) is 5.14. The SMILES string of the molecule is Cc1nc2ccc(N3CC(CN)CC3=O)cc2nc1C. The summed E-state index contributed by atoms with van der Waals surface area (Å²) in [6.07, 6.45) is 0.535. The molecule has 2 aromatic rings. The second-order valence-electron chi connectivity index (χ2n) is 5.38. The fourth-order valence-corrected chi connectivity index (χ4v) is 2.58. The van der Waals surface area contributed by atoms with Gasteiger partial charge >= 0.3 is 0 Å². The Hall–Kier alpha value is -2.01. The highest BCUT2D eigenvalue weighted by Gasteiger charge is 2.29. The van der Waals surface area contributed by atoms with Crippen LogP contribution in [0, 0.1) is 19.8 Å². The van der Waals surface area contributed by atoms with E-state index in [1.165, 1.54) is 0 Å². The molecule has 1 aliphatic heterocycles. The molecule has 0 bridgehead atoms. The summed E-state index contributed by atoms with van der Waals surface area (Å²) >= 11 is 0. The Balaban J connectivity index is 2.01. The summed E-state index contributed by atoms with van der Waals surface area (Å²) in [6, 6.07) is 5.79. The summed E-state index contributed by atoms with van der Waals surface area (Å²) in [5.74, 6) is 0.389. The standard InChI is InChI=1S/C15H18N4O/c1-9-10(2)18-14-6-12(3-4-13(14)17-9)19-8-11(7-16)5-15(19)20/h3-4,6,11H,5,7-8,16H2,1-2H3. The van der Waals surface area contributed by atoms with Crippen LogP contribution in [0.15, 0.2) is 18.2 Å². The second-order valence-corrected chi connectivity index (χ2v) is 5.38. The number of anilines is 1. The lowest BCUT2D eigenvalue weighted by Gasteiger charge is -2.17. The van der Waals surface area contributed by atoms with Gasteiger partial charge in [-0.15, -0.1) is 0 Å². The molecule has 0 aliphatic carbocycles. The molecule has 2 heterocycles. The molecular weight excluding hydrogens is 252 g/mol. The van der Waals surface area contributed by atoms with E-state index in [-0.39, 0.29) is 11.8 Å². The van der Waals surface area contributed by atoms with Crippen molar-refractivity contribution in [2.75, 3.05) is 18.0 Å². The number of carbonyl (C=O) groups excluding carboxylic acids is 1. The Morgan fingerprint density at radius 1 is 1.25 bits per heavy atom. The first kappa shape index (κ1) is 13.0. The molecule has 0 saturated carbocycles. The summed E-state index contributed by atoms with van der Waals surface area (Å²) in [7, 11) is 0. The molecule has 1 aromatic heterocycles. The molecule has 1 atom stereocenters. The van der Waals surface area contributed by atoms with Gasteiger partial charge < -0.3 is 10.6 Å². The van der Waals surface area contributed by atoms with Crippen LogP contribution in [0.4, 0.5) is 5.69 Å². The van der Waals surface area contributed by atoms with Crippen LogP contribution in [-0.2, 0) is 4.79 Å². The van der Waals surface area contributed by atoms with Gasteiger partial charge in [0.2, 0.25) is 5.91 Å². The molecule has 5 heteroatoms. The van der Waals surface area contributed by atoms with Gasteiger partial charge in [0.05, 0.1) is 22.4 Å². The van der Waals surface area contributed by atoms with Crippen LogP contribution < -0.4 is 10.6 Å². The smallest absolute Gasteiger partial charge is 0.227 e. The van der Waals surface area contributed by atoms with Gasteiger partial charge in [0, 0.05) is 18.7 Å². The average Bonchev–Trinajstić information content (AvgIpc) is 2.81. The molecule has 1 amide bonds. The zero-order chi connectivity index (χ0) is 14.3. The minimum absolute atomic E-state index is 0.136. The lowest BCUT2D eigenvalue weighted by Crippen LogP contribution is -2.25. The van der Waals surface area contributed by atoms with Crippen molar-refractivity contribution in [3.8, 4) is 0 Å². The number of benzene rings is 1. The quantitative estimate of drug-likeness (QED) is 0.899. The predicted octanol–water partition coefficient (Wildman–Crippen LogP) is 1.56. The Morgan fingerprint density at radius 3 is 2.60 bits per heavy atom. The topological polar surface area (TPSA) is 72.1 Å². The van der Waals surface area contributed by atoms with Crippen LogP contribution in [-0.4, -0.2) is 29.0 Å². The van der Waals surface area contributed by atoms with Crippen molar-refractivity contribution in [1.29, 1.82) is 0 Å². The molecule has 1 fully saturated rings. The van der Waals surface area contributed by atoms with E-state index in [4.69, 9.17) is 5.73 Å². The van der Waals surface area contributed by atoms with E-state index < -0.39 is 0 Å². The Bertz CT molecular complexity index is 683. The summed E-state index contributed by atoms with van der Waals surface area (Å²) < 4.78 is 0. The van der Waals surface area contributed by atoms with Gasteiger partial charge in [-0.3, -0.25) is 4.79 Å². The van der Waals surface area contributed by atoms with Crippen molar-refractivity contribution >= 4 is 22.6 Å². The molecular formula is C15H18N4O. The maximum atomic E-state index is 12.0. The van der Waals surface area contributed by atoms with E-state index >= 15 is 0 Å². The monoisotopic (exact) mass is 270 g/mol. The first-order valence-electron chi connectivity index (χ1n) is 6.84. The molecule has 1 aromatic carbocycles. The van der Waals surface area contributed by atoms with Crippen LogP contribution in [0.2, 0.25) is 0 Å². The van der Waals surface area contributed by atoms with Crippen LogP contribution in [0.3, 0.4) is 0 Å². The first-order valence-corrected chi connectivity index (χ1v) is 6.84. The lowest BCUT2D eigenvalue weighted by molar-refractivity contribution is -0.117. The number of aromatic nitrogens is 2. The van der Waals surface area contributed by atoms with Gasteiger partial charge in [-0.25, -0.2) is 9.97 Å². The predicted molar refractivity (Wildman–Crippen MR) is 78.5 cm³/mol. The number of rotatable bonds is 2. The molecule has 5 nitrogen and oxygen atoms in total. The molecule has 0 spiro atoms. The van der Waals surface area contributed by atoms with Crippen molar-refractivity contribution in [3.63, 3.8) is 0 Å². The third-order valence-electron chi connectivity index (χ3n) is 3.91. The second kappa shape index (κ2) is 4.83. The summed E-state index contributed by atoms with van der Waals surface area (Å²) in [4.78, 5) is 22.9. The molecule has 1 unspecified atom stereocenters. The maximum Gasteiger partial charge on any atom is 0.227 e. The van der Waals surface area contributed by atoms with E-state index in [0.717, 1.165) is 28.1 Å². The molecule has 104 valence electrons. The zero-order valence-corrected chi connectivity index (χ0v) is 11.8. The number of carbonyl (C=O) groups is 1. The van der Waals surface area contributed by atoms with Crippen LogP contribution >= 0.6 is 0 Å². The number of hydrogen-bond donors (Lipinski definition) is 1. The largest absolute Gasteiger partial charge is 0.330 e. The van der Waals surface area contributed by atoms with E-state index in [1.807, 2.05) is 32.0 Å². The van der Waals surface area contributed by atoms with Gasteiger partial charge in [-0.1, -0.05) is 0 Å². The normalized spacial score (nSPS) is 19.1. The zero-order valence-electron chi connectivity index (χ0n) is 11.8. The van der Waals surface area contributed by atoms with Crippen molar-refractivity contribution in [2.45, 2.75) is 20.3 Å².